The maximum atomic E-state index is 5.84. The van der Waals surface area contributed by atoms with E-state index in [0.717, 1.165) is 13.1 Å². The van der Waals surface area contributed by atoms with Gasteiger partial charge in [0.1, 0.15) is 0 Å². The molecule has 0 radical (unpaired) electrons. The van der Waals surface area contributed by atoms with Gasteiger partial charge in [0.25, 0.3) is 0 Å². The summed E-state index contributed by atoms with van der Waals surface area (Å²) >= 11 is 0. The highest BCUT2D eigenvalue weighted by Gasteiger charge is 2.13. The van der Waals surface area contributed by atoms with Crippen LogP contribution in [0.5, 0.6) is 0 Å². The largest absolute Gasteiger partial charge is 0.397 e. The highest BCUT2D eigenvalue weighted by molar-refractivity contribution is 5.73. The standard InChI is InChI=1S/C12H19N3/c1-9-7-10(13)11(14)8-12(9)15-5-3-2-4-6-15/h7-8H,2-6,13-14H2,1H3. The summed E-state index contributed by atoms with van der Waals surface area (Å²) < 4.78 is 0. The van der Waals surface area contributed by atoms with E-state index in [2.05, 4.69) is 11.8 Å². The summed E-state index contributed by atoms with van der Waals surface area (Å²) in [5.74, 6) is 0. The number of nitrogens with zero attached hydrogens (tertiary/aromatic N) is 1. The molecule has 3 nitrogen and oxygen atoms in total. The van der Waals surface area contributed by atoms with Crippen molar-refractivity contribution in [1.82, 2.24) is 0 Å². The first kappa shape index (κ1) is 10.1. The van der Waals surface area contributed by atoms with E-state index >= 15 is 0 Å². The second-order valence-electron chi connectivity index (χ2n) is 4.32. The van der Waals surface area contributed by atoms with Crippen LogP contribution in [0.3, 0.4) is 0 Å². The number of nitrogens with two attached hydrogens (primary N) is 2. The molecule has 0 aliphatic carbocycles. The molecular weight excluding hydrogens is 186 g/mol. The predicted molar refractivity (Wildman–Crippen MR) is 66.1 cm³/mol. The van der Waals surface area contributed by atoms with Crippen LogP contribution in [-0.2, 0) is 0 Å². The molecule has 4 N–H and O–H groups in total. The first-order valence-corrected chi connectivity index (χ1v) is 5.59. The van der Waals surface area contributed by atoms with Crippen LogP contribution in [0, 0.1) is 6.92 Å². The number of hydrogen-bond acceptors (Lipinski definition) is 3. The van der Waals surface area contributed by atoms with Gasteiger partial charge in [0.15, 0.2) is 0 Å². The van der Waals surface area contributed by atoms with E-state index in [1.54, 1.807) is 0 Å². The lowest BCUT2D eigenvalue weighted by Gasteiger charge is -2.30. The zero-order chi connectivity index (χ0) is 10.8. The predicted octanol–water partition coefficient (Wildman–Crippen LogP) is 2.15. The van der Waals surface area contributed by atoms with Gasteiger partial charge in [-0.15, -0.1) is 0 Å². The van der Waals surface area contributed by atoms with Crippen LogP contribution in [0.4, 0.5) is 17.1 Å². The fraction of sp³-hybridized carbons (Fsp3) is 0.500. The number of nitrogen functional groups attached to an aromatic ring is 2. The molecule has 0 amide bonds. The van der Waals surface area contributed by atoms with Crippen LogP contribution in [0.15, 0.2) is 12.1 Å². The van der Waals surface area contributed by atoms with E-state index in [9.17, 15) is 0 Å². The smallest absolute Gasteiger partial charge is 0.0568 e. The average Bonchev–Trinajstić information content (AvgIpc) is 2.25. The molecular formula is C12H19N3. The Morgan fingerprint density at radius 2 is 1.60 bits per heavy atom. The van der Waals surface area contributed by atoms with Crippen molar-refractivity contribution in [1.29, 1.82) is 0 Å². The summed E-state index contributed by atoms with van der Waals surface area (Å²) in [6.45, 7) is 4.38. The zero-order valence-electron chi connectivity index (χ0n) is 9.29. The van der Waals surface area contributed by atoms with Crippen molar-refractivity contribution in [2.24, 2.45) is 0 Å². The number of aryl methyl sites for hydroxylation is 1. The second-order valence-corrected chi connectivity index (χ2v) is 4.32. The van der Waals surface area contributed by atoms with Crippen LogP contribution in [-0.4, -0.2) is 13.1 Å². The van der Waals surface area contributed by atoms with E-state index in [1.807, 2.05) is 12.1 Å². The molecule has 0 spiro atoms. The lowest BCUT2D eigenvalue weighted by atomic mass is 10.1. The SMILES string of the molecule is Cc1cc(N)c(N)cc1N1CCCCC1. The quantitative estimate of drug-likeness (QED) is 0.691. The van der Waals surface area contributed by atoms with E-state index in [4.69, 9.17) is 11.5 Å². The van der Waals surface area contributed by atoms with Crippen LogP contribution in [0.1, 0.15) is 24.8 Å². The Balaban J connectivity index is 2.30. The highest BCUT2D eigenvalue weighted by Crippen LogP contribution is 2.29. The van der Waals surface area contributed by atoms with Crippen molar-refractivity contribution in [2.75, 3.05) is 29.5 Å². The van der Waals surface area contributed by atoms with E-state index < -0.39 is 0 Å². The molecule has 2 rings (SSSR count). The second kappa shape index (κ2) is 4.01. The van der Waals surface area contributed by atoms with Gasteiger partial charge in [-0.1, -0.05) is 0 Å². The van der Waals surface area contributed by atoms with Gasteiger partial charge in [-0.2, -0.15) is 0 Å². The van der Waals surface area contributed by atoms with Gasteiger partial charge in [0.05, 0.1) is 11.4 Å². The van der Waals surface area contributed by atoms with E-state index in [-0.39, 0.29) is 0 Å². The van der Waals surface area contributed by atoms with Crippen molar-refractivity contribution in [3.05, 3.63) is 17.7 Å². The summed E-state index contributed by atoms with van der Waals surface area (Å²) in [4.78, 5) is 2.41. The topological polar surface area (TPSA) is 55.3 Å². The molecule has 82 valence electrons. The van der Waals surface area contributed by atoms with E-state index in [1.165, 1.54) is 30.5 Å². The molecule has 0 saturated carbocycles. The number of piperidine rings is 1. The van der Waals surface area contributed by atoms with Gasteiger partial charge in [-0.3, -0.25) is 0 Å². The molecule has 1 aromatic carbocycles. The third kappa shape index (κ3) is 2.01. The Morgan fingerprint density at radius 1 is 1.00 bits per heavy atom. The Morgan fingerprint density at radius 3 is 2.27 bits per heavy atom. The maximum absolute atomic E-state index is 5.84. The average molecular weight is 205 g/mol. The first-order chi connectivity index (χ1) is 7.18. The van der Waals surface area contributed by atoms with Gasteiger partial charge in [0.2, 0.25) is 0 Å². The number of benzene rings is 1. The summed E-state index contributed by atoms with van der Waals surface area (Å²) in [6, 6.07) is 3.98. The molecule has 1 fully saturated rings. The molecule has 0 bridgehead atoms. The monoisotopic (exact) mass is 205 g/mol. The molecule has 0 unspecified atom stereocenters. The fourth-order valence-electron chi connectivity index (χ4n) is 2.21. The molecule has 1 aliphatic heterocycles. The lowest BCUT2D eigenvalue weighted by Crippen LogP contribution is -2.30. The zero-order valence-corrected chi connectivity index (χ0v) is 9.29. The lowest BCUT2D eigenvalue weighted by molar-refractivity contribution is 0.577. The minimum Gasteiger partial charge on any atom is -0.397 e. The Bertz CT molecular complexity index is 354. The molecule has 0 atom stereocenters. The normalized spacial score (nSPS) is 16.7. The van der Waals surface area contributed by atoms with Crippen LogP contribution in [0.25, 0.3) is 0 Å². The maximum Gasteiger partial charge on any atom is 0.0568 e. The number of anilines is 3. The minimum atomic E-state index is 0.688. The Hall–Kier alpha value is -1.38. The number of hydrogen-bond donors (Lipinski definition) is 2. The third-order valence-electron chi connectivity index (χ3n) is 3.10. The summed E-state index contributed by atoms with van der Waals surface area (Å²) in [5, 5.41) is 0. The highest BCUT2D eigenvalue weighted by atomic mass is 15.1. The van der Waals surface area contributed by atoms with Gasteiger partial charge in [-0.05, 0) is 43.9 Å². The molecule has 3 heteroatoms. The summed E-state index contributed by atoms with van der Waals surface area (Å²) in [5.41, 5.74) is 15.5. The Labute approximate surface area is 91.1 Å². The van der Waals surface area contributed by atoms with Gasteiger partial charge in [-0.25, -0.2) is 0 Å². The number of rotatable bonds is 1. The van der Waals surface area contributed by atoms with Crippen LogP contribution in [0.2, 0.25) is 0 Å². The molecule has 1 aliphatic rings. The fourth-order valence-corrected chi connectivity index (χ4v) is 2.21. The van der Waals surface area contributed by atoms with Crippen molar-refractivity contribution in [3.63, 3.8) is 0 Å². The first-order valence-electron chi connectivity index (χ1n) is 5.59. The molecule has 1 heterocycles. The molecule has 1 saturated heterocycles. The van der Waals surface area contributed by atoms with Crippen molar-refractivity contribution < 1.29 is 0 Å². The van der Waals surface area contributed by atoms with Crippen molar-refractivity contribution in [3.8, 4) is 0 Å². The molecule has 0 aromatic heterocycles. The van der Waals surface area contributed by atoms with Crippen molar-refractivity contribution >= 4 is 17.1 Å². The van der Waals surface area contributed by atoms with E-state index in [0.29, 0.717) is 11.4 Å². The van der Waals surface area contributed by atoms with Crippen LogP contribution >= 0.6 is 0 Å². The molecule has 1 aromatic rings. The van der Waals surface area contributed by atoms with Gasteiger partial charge in [0, 0.05) is 18.8 Å². The Kier molecular flexibility index (Phi) is 2.71. The minimum absolute atomic E-state index is 0.688. The van der Waals surface area contributed by atoms with Gasteiger partial charge < -0.3 is 16.4 Å². The van der Waals surface area contributed by atoms with Crippen molar-refractivity contribution in [2.45, 2.75) is 26.2 Å². The third-order valence-corrected chi connectivity index (χ3v) is 3.10. The molecule has 15 heavy (non-hydrogen) atoms. The summed E-state index contributed by atoms with van der Waals surface area (Å²) in [6.07, 6.45) is 3.91. The van der Waals surface area contributed by atoms with Crippen LogP contribution < -0.4 is 16.4 Å². The van der Waals surface area contributed by atoms with Gasteiger partial charge >= 0.3 is 0 Å². The summed E-state index contributed by atoms with van der Waals surface area (Å²) in [7, 11) is 0.